The summed E-state index contributed by atoms with van der Waals surface area (Å²) in [6.07, 6.45) is 0.571. The Bertz CT molecular complexity index is 432. The molecule has 0 aromatic heterocycles. The standard InChI is InChI=1S/C10H12FNO3S/c1-2-10(12-15-7-16(13)14)8-3-5-9(11)6-4-8/h3-6,16H,2,7H2,1H3. The molecule has 0 aliphatic carbocycles. The third-order valence-corrected chi connectivity index (χ3v) is 2.18. The van der Waals surface area contributed by atoms with Crippen LogP contribution in [0.15, 0.2) is 29.4 Å². The van der Waals surface area contributed by atoms with Crippen molar-refractivity contribution in [2.75, 3.05) is 5.94 Å². The summed E-state index contributed by atoms with van der Waals surface area (Å²) in [7, 11) is -2.60. The number of hydrogen-bond donors (Lipinski definition) is 1. The van der Waals surface area contributed by atoms with E-state index in [0.717, 1.165) is 0 Å². The van der Waals surface area contributed by atoms with Crippen molar-refractivity contribution >= 4 is 16.4 Å². The predicted molar refractivity (Wildman–Crippen MR) is 59.5 cm³/mol. The summed E-state index contributed by atoms with van der Waals surface area (Å²) in [4.78, 5) is 4.63. The van der Waals surface area contributed by atoms with Crippen LogP contribution in [-0.4, -0.2) is 20.1 Å². The van der Waals surface area contributed by atoms with Gasteiger partial charge < -0.3 is 4.84 Å². The lowest BCUT2D eigenvalue weighted by Gasteiger charge is -2.02. The lowest BCUT2D eigenvalue weighted by atomic mass is 10.1. The minimum absolute atomic E-state index is 0.331. The zero-order valence-electron chi connectivity index (χ0n) is 8.72. The molecule has 16 heavy (non-hydrogen) atoms. The highest BCUT2D eigenvalue weighted by atomic mass is 32.2. The second kappa shape index (κ2) is 6.22. The summed E-state index contributed by atoms with van der Waals surface area (Å²) in [5.74, 6) is -0.775. The van der Waals surface area contributed by atoms with Crippen molar-refractivity contribution in [2.45, 2.75) is 13.3 Å². The number of thiol groups is 1. The molecule has 0 spiro atoms. The Kier molecular flexibility index (Phi) is 4.91. The average Bonchev–Trinajstić information content (AvgIpc) is 2.26. The molecule has 0 saturated heterocycles. The van der Waals surface area contributed by atoms with Gasteiger partial charge in [-0.25, -0.2) is 12.8 Å². The van der Waals surface area contributed by atoms with Crippen LogP contribution in [0.25, 0.3) is 0 Å². The fourth-order valence-corrected chi connectivity index (χ4v) is 1.27. The summed E-state index contributed by atoms with van der Waals surface area (Å²) < 4.78 is 33.1. The Balaban J connectivity index is 2.77. The molecule has 0 amide bonds. The van der Waals surface area contributed by atoms with Gasteiger partial charge in [0.1, 0.15) is 5.82 Å². The van der Waals surface area contributed by atoms with Crippen molar-refractivity contribution in [1.29, 1.82) is 0 Å². The molecule has 1 aromatic carbocycles. The molecule has 0 unspecified atom stereocenters. The SMILES string of the molecule is CCC(=NOC[SH](=O)=O)c1ccc(F)cc1. The summed E-state index contributed by atoms with van der Waals surface area (Å²) in [6, 6.07) is 5.76. The lowest BCUT2D eigenvalue weighted by Crippen LogP contribution is -2.01. The molecular formula is C10H12FNO3S. The summed E-state index contributed by atoms with van der Waals surface area (Å²) >= 11 is 0. The van der Waals surface area contributed by atoms with Crippen molar-refractivity contribution in [1.82, 2.24) is 0 Å². The van der Waals surface area contributed by atoms with Gasteiger partial charge in [-0.05, 0) is 24.1 Å². The van der Waals surface area contributed by atoms with Crippen LogP contribution in [0, 0.1) is 5.82 Å². The van der Waals surface area contributed by atoms with Crippen LogP contribution in [0.1, 0.15) is 18.9 Å². The molecule has 1 rings (SSSR count). The molecular weight excluding hydrogens is 233 g/mol. The molecule has 0 atom stereocenters. The summed E-state index contributed by atoms with van der Waals surface area (Å²) in [5.41, 5.74) is 1.29. The van der Waals surface area contributed by atoms with Crippen molar-refractivity contribution in [3.63, 3.8) is 0 Å². The third kappa shape index (κ3) is 3.98. The molecule has 6 heteroatoms. The van der Waals surface area contributed by atoms with Crippen LogP contribution in [-0.2, 0) is 15.5 Å². The Labute approximate surface area is 94.7 Å². The molecule has 4 nitrogen and oxygen atoms in total. The monoisotopic (exact) mass is 245 g/mol. The Morgan fingerprint density at radius 1 is 1.38 bits per heavy atom. The smallest absolute Gasteiger partial charge is 0.214 e. The van der Waals surface area contributed by atoms with Crippen molar-refractivity contribution in [2.24, 2.45) is 5.16 Å². The maximum absolute atomic E-state index is 12.7. The van der Waals surface area contributed by atoms with E-state index in [1.165, 1.54) is 12.1 Å². The first-order valence-corrected chi connectivity index (χ1v) is 6.06. The van der Waals surface area contributed by atoms with Crippen molar-refractivity contribution in [3.05, 3.63) is 35.6 Å². The topological polar surface area (TPSA) is 55.7 Å². The lowest BCUT2D eigenvalue weighted by molar-refractivity contribution is 0.191. The molecule has 0 aliphatic rings. The maximum atomic E-state index is 12.7. The Hall–Kier alpha value is -1.43. The predicted octanol–water partition coefficient (Wildman–Crippen LogP) is 1.53. The normalized spacial score (nSPS) is 11.8. The fraction of sp³-hybridized carbons (Fsp3) is 0.300. The molecule has 0 heterocycles. The van der Waals surface area contributed by atoms with E-state index in [2.05, 4.69) is 9.99 Å². The van der Waals surface area contributed by atoms with Crippen LogP contribution in [0.3, 0.4) is 0 Å². The zero-order chi connectivity index (χ0) is 12.0. The molecule has 1 aromatic rings. The maximum Gasteiger partial charge on any atom is 0.214 e. The molecule has 0 N–H and O–H groups in total. The van der Waals surface area contributed by atoms with Crippen LogP contribution >= 0.6 is 0 Å². The Morgan fingerprint density at radius 2 is 2.00 bits per heavy atom. The molecule has 0 fully saturated rings. The second-order valence-electron chi connectivity index (χ2n) is 2.99. The van der Waals surface area contributed by atoms with E-state index < -0.39 is 16.6 Å². The molecule has 0 radical (unpaired) electrons. The van der Waals surface area contributed by atoms with E-state index >= 15 is 0 Å². The first kappa shape index (κ1) is 12.6. The second-order valence-corrected chi connectivity index (χ2v) is 3.91. The molecule has 88 valence electrons. The van der Waals surface area contributed by atoms with Crippen molar-refractivity contribution < 1.29 is 17.6 Å². The number of benzene rings is 1. The highest BCUT2D eigenvalue weighted by Gasteiger charge is 2.02. The largest absolute Gasteiger partial charge is 0.379 e. The average molecular weight is 245 g/mol. The fourth-order valence-electron chi connectivity index (χ4n) is 1.12. The van der Waals surface area contributed by atoms with Gasteiger partial charge >= 0.3 is 0 Å². The number of hydrogen-bond acceptors (Lipinski definition) is 4. The highest BCUT2D eigenvalue weighted by Crippen LogP contribution is 2.07. The summed E-state index contributed by atoms with van der Waals surface area (Å²) in [5, 5.41) is 3.69. The van der Waals surface area contributed by atoms with Crippen LogP contribution < -0.4 is 0 Å². The number of oxime groups is 1. The van der Waals surface area contributed by atoms with E-state index in [1.54, 1.807) is 12.1 Å². The molecule has 0 aliphatic heterocycles. The van der Waals surface area contributed by atoms with Crippen LogP contribution in [0.5, 0.6) is 0 Å². The van der Waals surface area contributed by atoms with Crippen LogP contribution in [0.2, 0.25) is 0 Å². The summed E-state index contributed by atoms with van der Waals surface area (Å²) in [6.45, 7) is 1.85. The van der Waals surface area contributed by atoms with Gasteiger partial charge in [-0.3, -0.25) is 0 Å². The first-order valence-electron chi connectivity index (χ1n) is 4.70. The third-order valence-electron chi connectivity index (χ3n) is 1.85. The Morgan fingerprint density at radius 3 is 2.50 bits per heavy atom. The van der Waals surface area contributed by atoms with E-state index in [-0.39, 0.29) is 5.82 Å². The van der Waals surface area contributed by atoms with Gasteiger partial charge in [-0.15, -0.1) is 0 Å². The van der Waals surface area contributed by atoms with Gasteiger partial charge in [-0.2, -0.15) is 0 Å². The number of rotatable bonds is 5. The van der Waals surface area contributed by atoms with E-state index in [9.17, 15) is 12.8 Å². The molecule has 0 bridgehead atoms. The number of halogens is 1. The van der Waals surface area contributed by atoms with Gasteiger partial charge in [0, 0.05) is 0 Å². The van der Waals surface area contributed by atoms with Gasteiger partial charge in [0.15, 0.2) is 10.7 Å². The van der Waals surface area contributed by atoms with E-state index in [1.807, 2.05) is 6.92 Å². The van der Waals surface area contributed by atoms with Gasteiger partial charge in [0.2, 0.25) is 5.94 Å². The van der Waals surface area contributed by atoms with Gasteiger partial charge in [0.05, 0.1) is 5.71 Å². The minimum Gasteiger partial charge on any atom is -0.379 e. The quantitative estimate of drug-likeness (QED) is 0.486. The molecule has 0 saturated carbocycles. The highest BCUT2D eigenvalue weighted by molar-refractivity contribution is 7.72. The minimum atomic E-state index is -2.60. The van der Waals surface area contributed by atoms with E-state index in [4.69, 9.17) is 0 Å². The van der Waals surface area contributed by atoms with Gasteiger partial charge in [0.25, 0.3) is 0 Å². The van der Waals surface area contributed by atoms with Crippen LogP contribution in [0.4, 0.5) is 4.39 Å². The number of nitrogens with zero attached hydrogens (tertiary/aromatic N) is 1. The van der Waals surface area contributed by atoms with E-state index in [0.29, 0.717) is 17.7 Å². The van der Waals surface area contributed by atoms with Gasteiger partial charge in [-0.1, -0.05) is 24.2 Å². The van der Waals surface area contributed by atoms with Crippen molar-refractivity contribution in [3.8, 4) is 0 Å². The zero-order valence-corrected chi connectivity index (χ0v) is 9.62. The first-order chi connectivity index (χ1) is 7.63.